The number of amides is 2. The molecule has 0 bridgehead atoms. The van der Waals surface area contributed by atoms with Crippen molar-refractivity contribution in [3.05, 3.63) is 100 Å². The molecule has 1 aliphatic heterocycles. The van der Waals surface area contributed by atoms with Crippen molar-refractivity contribution < 1.29 is 14.3 Å². The van der Waals surface area contributed by atoms with E-state index < -0.39 is 12.1 Å². The molecule has 1 atom stereocenters. The summed E-state index contributed by atoms with van der Waals surface area (Å²) in [4.78, 5) is 27.5. The lowest BCUT2D eigenvalue weighted by Gasteiger charge is -2.35. The zero-order valence-corrected chi connectivity index (χ0v) is 17.8. The van der Waals surface area contributed by atoms with Gasteiger partial charge in [-0.2, -0.15) is 0 Å². The molecule has 0 fully saturated rings. The van der Waals surface area contributed by atoms with E-state index in [0.29, 0.717) is 18.7 Å². The summed E-state index contributed by atoms with van der Waals surface area (Å²) >= 11 is 3.39. The Bertz CT molecular complexity index is 1040. The molecule has 0 radical (unpaired) electrons. The quantitative estimate of drug-likeness (QED) is 0.580. The van der Waals surface area contributed by atoms with Crippen LogP contribution in [0.5, 0.6) is 0 Å². The van der Waals surface area contributed by atoms with Crippen molar-refractivity contribution in [3.63, 3.8) is 0 Å². The Balaban J connectivity index is 1.52. The fourth-order valence-electron chi connectivity index (χ4n) is 3.51. The fraction of sp³-hybridized carbons (Fsp3) is 0.167. The number of nitrogens with zero attached hydrogens (tertiary/aromatic N) is 1. The van der Waals surface area contributed by atoms with Gasteiger partial charge in [0.15, 0.2) is 0 Å². The second-order valence-electron chi connectivity index (χ2n) is 7.15. The molecule has 0 saturated carbocycles. The summed E-state index contributed by atoms with van der Waals surface area (Å²) in [5.74, 6) is -0.233. The highest BCUT2D eigenvalue weighted by molar-refractivity contribution is 9.10. The number of nitrogens with one attached hydrogen (secondary N) is 1. The molecular formula is C24H21BrN2O3. The summed E-state index contributed by atoms with van der Waals surface area (Å²) in [5, 5.41) is 2.92. The van der Waals surface area contributed by atoms with Crippen molar-refractivity contribution in [3.8, 4) is 0 Å². The van der Waals surface area contributed by atoms with Gasteiger partial charge < -0.3 is 10.1 Å². The maximum absolute atomic E-state index is 13.1. The van der Waals surface area contributed by atoms with E-state index >= 15 is 0 Å². The maximum atomic E-state index is 13.1. The van der Waals surface area contributed by atoms with E-state index in [2.05, 4.69) is 21.2 Å². The van der Waals surface area contributed by atoms with Gasteiger partial charge in [-0.05, 0) is 41.0 Å². The Labute approximate surface area is 183 Å². The number of benzene rings is 3. The standard InChI is InChI=1S/C24H21BrN2O3/c25-20-10-12-21(13-11-20)26-23(28)22-14-18-8-4-5-9-19(18)15-27(22)24(29)30-16-17-6-2-1-3-7-17/h1-13,22H,14-16H2,(H,26,28)/t22-/m0/s1. The normalized spacial score (nSPS) is 15.2. The molecule has 30 heavy (non-hydrogen) atoms. The second kappa shape index (κ2) is 9.13. The van der Waals surface area contributed by atoms with E-state index in [1.165, 1.54) is 4.90 Å². The summed E-state index contributed by atoms with van der Waals surface area (Å²) < 4.78 is 6.46. The number of fused-ring (bicyclic) bond motifs is 1. The van der Waals surface area contributed by atoms with Crippen LogP contribution in [0.4, 0.5) is 10.5 Å². The molecular weight excluding hydrogens is 444 g/mol. The Morgan fingerprint density at radius 3 is 2.33 bits per heavy atom. The van der Waals surface area contributed by atoms with E-state index in [-0.39, 0.29) is 12.5 Å². The van der Waals surface area contributed by atoms with Crippen LogP contribution in [0.15, 0.2) is 83.3 Å². The number of halogens is 1. The number of hydrogen-bond acceptors (Lipinski definition) is 3. The molecule has 0 unspecified atom stereocenters. The molecule has 0 spiro atoms. The number of ether oxygens (including phenoxy) is 1. The summed E-state index contributed by atoms with van der Waals surface area (Å²) in [6.45, 7) is 0.501. The second-order valence-corrected chi connectivity index (χ2v) is 8.07. The third kappa shape index (κ3) is 4.71. The fourth-order valence-corrected chi connectivity index (χ4v) is 3.77. The molecule has 152 valence electrons. The third-order valence-electron chi connectivity index (χ3n) is 5.10. The zero-order valence-electron chi connectivity index (χ0n) is 16.3. The molecule has 5 nitrogen and oxygen atoms in total. The van der Waals surface area contributed by atoms with E-state index in [4.69, 9.17) is 4.74 Å². The average molecular weight is 465 g/mol. The van der Waals surface area contributed by atoms with Crippen LogP contribution in [-0.4, -0.2) is 22.9 Å². The predicted molar refractivity (Wildman–Crippen MR) is 119 cm³/mol. The summed E-state index contributed by atoms with van der Waals surface area (Å²) in [6.07, 6.45) is -0.0526. The molecule has 1 aliphatic rings. The SMILES string of the molecule is O=C(Nc1ccc(Br)cc1)[C@@H]1Cc2ccccc2CN1C(=O)OCc1ccccc1. The minimum atomic E-state index is -0.646. The van der Waals surface area contributed by atoms with Gasteiger partial charge in [0, 0.05) is 16.6 Å². The van der Waals surface area contributed by atoms with Crippen LogP contribution < -0.4 is 5.32 Å². The van der Waals surface area contributed by atoms with Crippen LogP contribution >= 0.6 is 15.9 Å². The van der Waals surface area contributed by atoms with Crippen molar-refractivity contribution in [1.29, 1.82) is 0 Å². The number of carbonyl (C=O) groups excluding carboxylic acids is 2. The van der Waals surface area contributed by atoms with Gasteiger partial charge >= 0.3 is 6.09 Å². The topological polar surface area (TPSA) is 58.6 Å². The van der Waals surface area contributed by atoms with E-state index in [1.54, 1.807) is 0 Å². The van der Waals surface area contributed by atoms with Crippen LogP contribution in [0.2, 0.25) is 0 Å². The monoisotopic (exact) mass is 464 g/mol. The van der Waals surface area contributed by atoms with Crippen molar-refractivity contribution in [2.45, 2.75) is 25.6 Å². The largest absolute Gasteiger partial charge is 0.445 e. The van der Waals surface area contributed by atoms with Gasteiger partial charge in [0.1, 0.15) is 12.6 Å². The molecule has 3 aromatic carbocycles. The van der Waals surface area contributed by atoms with Gasteiger partial charge in [0.2, 0.25) is 5.91 Å². The van der Waals surface area contributed by atoms with Crippen molar-refractivity contribution in [2.75, 3.05) is 5.32 Å². The van der Waals surface area contributed by atoms with Gasteiger partial charge in [-0.3, -0.25) is 9.69 Å². The lowest BCUT2D eigenvalue weighted by Crippen LogP contribution is -2.50. The summed E-state index contributed by atoms with van der Waals surface area (Å²) in [5.41, 5.74) is 3.68. The van der Waals surface area contributed by atoms with Crippen molar-refractivity contribution >= 4 is 33.6 Å². The molecule has 0 aliphatic carbocycles. The smallest absolute Gasteiger partial charge is 0.411 e. The third-order valence-corrected chi connectivity index (χ3v) is 5.63. The number of carbonyl (C=O) groups is 2. The maximum Gasteiger partial charge on any atom is 0.411 e. The van der Waals surface area contributed by atoms with E-state index in [0.717, 1.165) is 21.2 Å². The first-order chi connectivity index (χ1) is 14.6. The lowest BCUT2D eigenvalue weighted by molar-refractivity contribution is -0.121. The highest BCUT2D eigenvalue weighted by Crippen LogP contribution is 2.25. The summed E-state index contributed by atoms with van der Waals surface area (Å²) in [7, 11) is 0. The number of anilines is 1. The molecule has 3 aromatic rings. The first kappa shape index (κ1) is 20.2. The lowest BCUT2D eigenvalue weighted by atomic mass is 9.94. The van der Waals surface area contributed by atoms with Crippen LogP contribution in [0.1, 0.15) is 16.7 Å². The van der Waals surface area contributed by atoms with Crippen LogP contribution in [0.25, 0.3) is 0 Å². The van der Waals surface area contributed by atoms with Crippen molar-refractivity contribution in [2.24, 2.45) is 0 Å². The number of hydrogen-bond donors (Lipinski definition) is 1. The molecule has 0 saturated heterocycles. The van der Waals surface area contributed by atoms with E-state index in [9.17, 15) is 9.59 Å². The Hall–Kier alpha value is -3.12. The van der Waals surface area contributed by atoms with Crippen LogP contribution in [0.3, 0.4) is 0 Å². The average Bonchev–Trinajstić information content (AvgIpc) is 2.78. The molecule has 4 rings (SSSR count). The van der Waals surface area contributed by atoms with Crippen molar-refractivity contribution in [1.82, 2.24) is 4.90 Å². The molecule has 0 aromatic heterocycles. The van der Waals surface area contributed by atoms with Crippen LogP contribution in [-0.2, 0) is 29.1 Å². The van der Waals surface area contributed by atoms with Gasteiger partial charge in [0.25, 0.3) is 0 Å². The Morgan fingerprint density at radius 1 is 0.933 bits per heavy atom. The van der Waals surface area contributed by atoms with E-state index in [1.807, 2.05) is 78.9 Å². The summed E-state index contributed by atoms with van der Waals surface area (Å²) in [6, 6.07) is 24.1. The molecule has 1 heterocycles. The van der Waals surface area contributed by atoms with Crippen LogP contribution in [0, 0.1) is 0 Å². The zero-order chi connectivity index (χ0) is 20.9. The first-order valence-corrected chi connectivity index (χ1v) is 10.5. The Morgan fingerprint density at radius 2 is 1.60 bits per heavy atom. The van der Waals surface area contributed by atoms with Gasteiger partial charge in [-0.1, -0.05) is 70.5 Å². The highest BCUT2D eigenvalue weighted by Gasteiger charge is 2.35. The molecule has 6 heteroatoms. The predicted octanol–water partition coefficient (Wildman–Crippen LogP) is 5.15. The minimum Gasteiger partial charge on any atom is -0.445 e. The highest BCUT2D eigenvalue weighted by atomic mass is 79.9. The van der Waals surface area contributed by atoms with Gasteiger partial charge in [-0.15, -0.1) is 0 Å². The minimum absolute atomic E-state index is 0.166. The Kier molecular flexibility index (Phi) is 6.14. The number of rotatable bonds is 4. The molecule has 2 amide bonds. The first-order valence-electron chi connectivity index (χ1n) is 9.71. The molecule has 1 N–H and O–H groups in total. The van der Waals surface area contributed by atoms with Gasteiger partial charge in [0.05, 0.1) is 6.54 Å². The van der Waals surface area contributed by atoms with Gasteiger partial charge in [-0.25, -0.2) is 4.79 Å².